The summed E-state index contributed by atoms with van der Waals surface area (Å²) in [6.45, 7) is 11.5. The zero-order valence-electron chi connectivity index (χ0n) is 12.4. The SMILES string of the molecule is CCOC(CC)C(N)c1ccc(C(C)(C)C)cc1. The zero-order chi connectivity index (χ0) is 13.8. The molecule has 0 spiro atoms. The lowest BCUT2D eigenvalue weighted by molar-refractivity contribution is 0.0413. The second-order valence-electron chi connectivity index (χ2n) is 5.80. The van der Waals surface area contributed by atoms with E-state index >= 15 is 0 Å². The highest BCUT2D eigenvalue weighted by Crippen LogP contribution is 2.25. The van der Waals surface area contributed by atoms with Gasteiger partial charge in [0.15, 0.2) is 0 Å². The van der Waals surface area contributed by atoms with Gasteiger partial charge in [-0.15, -0.1) is 0 Å². The van der Waals surface area contributed by atoms with Crippen LogP contribution in [0.1, 0.15) is 58.2 Å². The Balaban J connectivity index is 2.84. The first-order chi connectivity index (χ1) is 8.40. The van der Waals surface area contributed by atoms with Crippen LogP contribution < -0.4 is 5.73 Å². The molecule has 2 N–H and O–H groups in total. The average Bonchev–Trinajstić information content (AvgIpc) is 2.34. The van der Waals surface area contributed by atoms with Crippen molar-refractivity contribution in [3.05, 3.63) is 35.4 Å². The van der Waals surface area contributed by atoms with Gasteiger partial charge in [0, 0.05) is 6.61 Å². The van der Waals surface area contributed by atoms with Crippen molar-refractivity contribution in [2.24, 2.45) is 5.73 Å². The van der Waals surface area contributed by atoms with Crippen LogP contribution in [-0.4, -0.2) is 12.7 Å². The van der Waals surface area contributed by atoms with E-state index in [2.05, 4.69) is 52.0 Å². The molecule has 2 unspecified atom stereocenters. The van der Waals surface area contributed by atoms with E-state index in [1.54, 1.807) is 0 Å². The van der Waals surface area contributed by atoms with Crippen molar-refractivity contribution in [2.75, 3.05) is 6.61 Å². The van der Waals surface area contributed by atoms with E-state index in [0.29, 0.717) is 6.61 Å². The Morgan fingerprint density at radius 3 is 2.06 bits per heavy atom. The molecule has 0 heterocycles. The van der Waals surface area contributed by atoms with Crippen LogP contribution in [0, 0.1) is 0 Å². The maximum absolute atomic E-state index is 6.27. The summed E-state index contributed by atoms with van der Waals surface area (Å²) in [6, 6.07) is 8.57. The van der Waals surface area contributed by atoms with Crippen LogP contribution in [0.2, 0.25) is 0 Å². The minimum Gasteiger partial charge on any atom is -0.377 e. The molecular formula is C16H27NO. The fraction of sp³-hybridized carbons (Fsp3) is 0.625. The van der Waals surface area contributed by atoms with E-state index in [-0.39, 0.29) is 17.6 Å². The topological polar surface area (TPSA) is 35.2 Å². The van der Waals surface area contributed by atoms with Gasteiger partial charge in [-0.2, -0.15) is 0 Å². The average molecular weight is 249 g/mol. The number of ether oxygens (including phenoxy) is 1. The van der Waals surface area contributed by atoms with Gasteiger partial charge in [0.2, 0.25) is 0 Å². The minimum absolute atomic E-state index is 0.0380. The van der Waals surface area contributed by atoms with E-state index in [1.807, 2.05) is 6.92 Å². The van der Waals surface area contributed by atoms with Crippen molar-refractivity contribution >= 4 is 0 Å². The fourth-order valence-corrected chi connectivity index (χ4v) is 2.11. The molecule has 0 aliphatic carbocycles. The summed E-state index contributed by atoms with van der Waals surface area (Å²) < 4.78 is 5.68. The van der Waals surface area contributed by atoms with Crippen LogP contribution in [0.25, 0.3) is 0 Å². The summed E-state index contributed by atoms with van der Waals surface area (Å²) in [7, 11) is 0. The number of hydrogen-bond donors (Lipinski definition) is 1. The highest BCUT2D eigenvalue weighted by Gasteiger charge is 2.19. The molecule has 0 aromatic heterocycles. The summed E-state index contributed by atoms with van der Waals surface area (Å²) in [5, 5.41) is 0. The van der Waals surface area contributed by atoms with E-state index in [9.17, 15) is 0 Å². The molecule has 18 heavy (non-hydrogen) atoms. The van der Waals surface area contributed by atoms with Crippen molar-refractivity contribution in [3.8, 4) is 0 Å². The van der Waals surface area contributed by atoms with E-state index in [0.717, 1.165) is 12.0 Å². The highest BCUT2D eigenvalue weighted by molar-refractivity contribution is 5.29. The van der Waals surface area contributed by atoms with Crippen molar-refractivity contribution in [2.45, 2.75) is 58.6 Å². The van der Waals surface area contributed by atoms with E-state index in [1.165, 1.54) is 5.56 Å². The predicted molar refractivity (Wildman–Crippen MR) is 77.8 cm³/mol. The van der Waals surface area contributed by atoms with Crippen LogP contribution in [0.3, 0.4) is 0 Å². The standard InChI is InChI=1S/C16H27NO/c1-6-14(18-7-2)15(17)12-8-10-13(11-9-12)16(3,4)5/h8-11,14-15H,6-7,17H2,1-5H3. The third-order valence-corrected chi connectivity index (χ3v) is 3.35. The van der Waals surface area contributed by atoms with Crippen LogP contribution in [0.4, 0.5) is 0 Å². The van der Waals surface area contributed by atoms with E-state index in [4.69, 9.17) is 10.5 Å². The molecule has 0 radical (unpaired) electrons. The van der Waals surface area contributed by atoms with Crippen molar-refractivity contribution in [1.29, 1.82) is 0 Å². The van der Waals surface area contributed by atoms with E-state index < -0.39 is 0 Å². The van der Waals surface area contributed by atoms with Gasteiger partial charge in [-0.3, -0.25) is 0 Å². The van der Waals surface area contributed by atoms with Gasteiger partial charge in [0.25, 0.3) is 0 Å². The van der Waals surface area contributed by atoms with Crippen molar-refractivity contribution in [3.63, 3.8) is 0 Å². The summed E-state index contributed by atoms with van der Waals surface area (Å²) in [5.74, 6) is 0. The molecule has 0 bridgehead atoms. The second-order valence-corrected chi connectivity index (χ2v) is 5.80. The molecule has 2 atom stereocenters. The summed E-state index contributed by atoms with van der Waals surface area (Å²) in [5.41, 5.74) is 8.95. The Labute approximate surface area is 112 Å². The lowest BCUT2D eigenvalue weighted by Gasteiger charge is -2.24. The molecule has 0 saturated heterocycles. The molecule has 0 saturated carbocycles. The number of benzene rings is 1. The van der Waals surface area contributed by atoms with Crippen LogP contribution in [0.5, 0.6) is 0 Å². The predicted octanol–water partition coefficient (Wildman–Crippen LogP) is 3.80. The molecule has 1 rings (SSSR count). The number of rotatable bonds is 5. The largest absolute Gasteiger partial charge is 0.377 e. The summed E-state index contributed by atoms with van der Waals surface area (Å²) in [6.07, 6.45) is 1.05. The van der Waals surface area contributed by atoms with Crippen LogP contribution in [0.15, 0.2) is 24.3 Å². The third kappa shape index (κ3) is 3.82. The molecule has 2 nitrogen and oxygen atoms in total. The van der Waals surface area contributed by atoms with Gasteiger partial charge in [0.1, 0.15) is 0 Å². The zero-order valence-corrected chi connectivity index (χ0v) is 12.4. The Morgan fingerprint density at radius 1 is 1.11 bits per heavy atom. The first-order valence-corrected chi connectivity index (χ1v) is 6.87. The Bertz CT molecular complexity index is 350. The van der Waals surface area contributed by atoms with Crippen LogP contribution >= 0.6 is 0 Å². The molecule has 0 aliphatic rings. The molecule has 0 fully saturated rings. The fourth-order valence-electron chi connectivity index (χ4n) is 2.11. The van der Waals surface area contributed by atoms with Gasteiger partial charge in [0.05, 0.1) is 12.1 Å². The third-order valence-electron chi connectivity index (χ3n) is 3.35. The van der Waals surface area contributed by atoms with Gasteiger partial charge in [-0.05, 0) is 29.9 Å². The van der Waals surface area contributed by atoms with Crippen LogP contribution in [-0.2, 0) is 10.2 Å². The van der Waals surface area contributed by atoms with Gasteiger partial charge < -0.3 is 10.5 Å². The van der Waals surface area contributed by atoms with Gasteiger partial charge in [-0.1, -0.05) is 52.0 Å². The first kappa shape index (κ1) is 15.2. The smallest absolute Gasteiger partial charge is 0.0764 e. The second kappa shape index (κ2) is 6.35. The summed E-state index contributed by atoms with van der Waals surface area (Å²) >= 11 is 0. The monoisotopic (exact) mass is 249 g/mol. The number of nitrogens with two attached hydrogens (primary N) is 1. The maximum Gasteiger partial charge on any atom is 0.0764 e. The lowest BCUT2D eigenvalue weighted by Crippen LogP contribution is -2.28. The molecule has 1 aromatic rings. The minimum atomic E-state index is -0.0380. The quantitative estimate of drug-likeness (QED) is 0.861. The Kier molecular flexibility index (Phi) is 5.36. The molecule has 0 amide bonds. The van der Waals surface area contributed by atoms with Gasteiger partial charge in [-0.25, -0.2) is 0 Å². The van der Waals surface area contributed by atoms with Crippen molar-refractivity contribution < 1.29 is 4.74 Å². The molecule has 0 aliphatic heterocycles. The molecular weight excluding hydrogens is 222 g/mol. The van der Waals surface area contributed by atoms with Crippen molar-refractivity contribution in [1.82, 2.24) is 0 Å². The Hall–Kier alpha value is -0.860. The highest BCUT2D eigenvalue weighted by atomic mass is 16.5. The first-order valence-electron chi connectivity index (χ1n) is 6.87. The maximum atomic E-state index is 6.27. The molecule has 2 heteroatoms. The normalized spacial score (nSPS) is 15.4. The molecule has 1 aromatic carbocycles. The molecule has 102 valence electrons. The van der Waals surface area contributed by atoms with Gasteiger partial charge >= 0.3 is 0 Å². The Morgan fingerprint density at radius 2 is 1.67 bits per heavy atom. The number of hydrogen-bond acceptors (Lipinski definition) is 2. The lowest BCUT2D eigenvalue weighted by atomic mass is 9.86. The summed E-state index contributed by atoms with van der Waals surface area (Å²) in [4.78, 5) is 0.